The number of fused-ring (bicyclic) bond motifs is 4. The van der Waals surface area contributed by atoms with Crippen LogP contribution in [0.4, 0.5) is 0 Å². The highest BCUT2D eigenvalue weighted by Gasteiger charge is 2.65. The minimum Gasteiger partial charge on any atom is -0.390 e. The predicted octanol–water partition coefficient (Wildman–Crippen LogP) is 4.49. The summed E-state index contributed by atoms with van der Waals surface area (Å²) in [5, 5.41) is 19.8. The van der Waals surface area contributed by atoms with Crippen LogP contribution in [0.15, 0.2) is 0 Å². The standard InChI is InChI=1S/C20H29NO4.C14H21NO4/c1-13(21-2)10-14-6-7-17-19(23-14)11-15(22-17)18-16(12-19)24-20(25-18)8-4-3-5-9-20;1-8(15-2)5-9-3-4-12-14(19-9)6-10(16)13(17)11(7-14)18-12/h13-18H,3-12H2,1H3;8-13,16-17H,3-7H2,1H3/t13-,14-,15-,16-,17+,18+,19-;8-,9-,10-,11-,12+,13-,14+/m11/s1. The molecule has 3 spiro atoms. The van der Waals surface area contributed by atoms with Gasteiger partial charge in [-0.1, -0.05) is 6.42 Å². The molecule has 14 atom stereocenters. The van der Waals surface area contributed by atoms with Crippen molar-refractivity contribution in [2.24, 2.45) is 0 Å². The fourth-order valence-electron chi connectivity index (χ4n) is 9.75. The molecule has 2 N–H and O–H groups in total. The fourth-order valence-corrected chi connectivity index (χ4v) is 9.75. The van der Waals surface area contributed by atoms with Crippen LogP contribution < -0.4 is 0 Å². The summed E-state index contributed by atoms with van der Waals surface area (Å²) in [7, 11) is 0. The molecule has 8 aliphatic rings. The maximum absolute atomic E-state index is 9.95. The summed E-state index contributed by atoms with van der Waals surface area (Å²) in [5.41, 5.74) is -0.645. The molecule has 5 saturated heterocycles. The number of hydrogen-bond acceptors (Lipinski definition) is 8. The Labute approximate surface area is 261 Å². The smallest absolute Gasteiger partial charge is 0.223 e. The second-order valence-electron chi connectivity index (χ2n) is 15.1. The number of hydrogen-bond donors (Lipinski definition) is 2. The number of aliphatic hydroxyl groups excluding tert-OH is 2. The molecule has 5 heterocycles. The van der Waals surface area contributed by atoms with Crippen LogP contribution in [0, 0.1) is 13.1 Å². The average molecular weight is 615 g/mol. The van der Waals surface area contributed by atoms with Gasteiger partial charge in [0, 0.05) is 65.2 Å². The van der Waals surface area contributed by atoms with E-state index < -0.39 is 17.8 Å². The van der Waals surface area contributed by atoms with Gasteiger partial charge in [-0.3, -0.25) is 0 Å². The molecule has 5 aliphatic heterocycles. The van der Waals surface area contributed by atoms with E-state index in [0.29, 0.717) is 12.8 Å². The Kier molecular flexibility index (Phi) is 8.55. The van der Waals surface area contributed by atoms with Gasteiger partial charge in [-0.15, -0.1) is 0 Å². The van der Waals surface area contributed by atoms with Crippen LogP contribution in [0.2, 0.25) is 0 Å². The SMILES string of the molecule is [C-]#[N+][C@H](C)C[C@H]1CC[C@@H]2O[C@@H]3C[C@]2(C[C@@H](O)[C@H]3O)O1.[C-]#[N+][C@H](C)C[C@H]1CC[C@@H]2O[C@@H]3C[C@]2(C[C@H]2OC4(CCCCC4)O[C@@H]32)O1. The van der Waals surface area contributed by atoms with Crippen molar-refractivity contribution in [3.63, 3.8) is 0 Å². The second kappa shape index (κ2) is 12.0. The first-order chi connectivity index (χ1) is 21.2. The van der Waals surface area contributed by atoms with Crippen molar-refractivity contribution < 1.29 is 38.6 Å². The summed E-state index contributed by atoms with van der Waals surface area (Å²) in [4.78, 5) is 7.17. The first-order valence-electron chi connectivity index (χ1n) is 17.3. The van der Waals surface area contributed by atoms with Crippen molar-refractivity contribution >= 4 is 0 Å². The molecule has 4 bridgehead atoms. The van der Waals surface area contributed by atoms with Gasteiger partial charge in [-0.05, 0) is 38.5 Å². The molecule has 0 radical (unpaired) electrons. The molecular weight excluding hydrogens is 564 g/mol. The predicted molar refractivity (Wildman–Crippen MR) is 158 cm³/mol. The summed E-state index contributed by atoms with van der Waals surface area (Å²) in [6.07, 6.45) is 12.9. The summed E-state index contributed by atoms with van der Waals surface area (Å²) < 4.78 is 38.1. The van der Waals surface area contributed by atoms with E-state index in [1.165, 1.54) is 19.3 Å². The molecule has 3 aliphatic carbocycles. The van der Waals surface area contributed by atoms with Crippen molar-refractivity contribution in [3.05, 3.63) is 22.8 Å². The number of ether oxygens (including phenoxy) is 6. The molecule has 0 aromatic carbocycles. The molecule has 10 nitrogen and oxygen atoms in total. The lowest BCUT2D eigenvalue weighted by Gasteiger charge is -2.44. The normalized spacial score (nSPS) is 49.3. The molecule has 0 aromatic rings. The molecule has 44 heavy (non-hydrogen) atoms. The number of nitrogens with zero attached hydrogens (tertiary/aromatic N) is 2. The fraction of sp³-hybridized carbons (Fsp3) is 0.941. The highest BCUT2D eigenvalue weighted by molar-refractivity contribution is 5.13. The number of aliphatic hydroxyl groups is 2. The molecule has 244 valence electrons. The lowest BCUT2D eigenvalue weighted by molar-refractivity contribution is -0.215. The van der Waals surface area contributed by atoms with Crippen LogP contribution >= 0.6 is 0 Å². The van der Waals surface area contributed by atoms with E-state index in [4.69, 9.17) is 41.6 Å². The zero-order valence-corrected chi connectivity index (χ0v) is 26.3. The molecule has 8 rings (SSSR count). The Hall–Kier alpha value is -1.34. The third-order valence-electron chi connectivity index (χ3n) is 11.8. The van der Waals surface area contributed by atoms with E-state index in [1.807, 2.05) is 13.8 Å². The zero-order valence-electron chi connectivity index (χ0n) is 26.3. The van der Waals surface area contributed by atoms with Gasteiger partial charge in [-0.2, -0.15) is 0 Å². The third kappa shape index (κ3) is 5.62. The Morgan fingerprint density at radius 3 is 1.84 bits per heavy atom. The Morgan fingerprint density at radius 2 is 1.23 bits per heavy atom. The van der Waals surface area contributed by atoms with Crippen molar-refractivity contribution in [3.8, 4) is 0 Å². The molecule has 3 saturated carbocycles. The third-order valence-corrected chi connectivity index (χ3v) is 11.8. The maximum Gasteiger partial charge on any atom is 0.223 e. The minimum absolute atomic E-state index is 0.0104. The summed E-state index contributed by atoms with van der Waals surface area (Å²) >= 11 is 0. The molecule has 8 fully saturated rings. The summed E-state index contributed by atoms with van der Waals surface area (Å²) in [6.45, 7) is 18.2. The minimum atomic E-state index is -0.791. The van der Waals surface area contributed by atoms with Gasteiger partial charge in [0.05, 0.1) is 60.0 Å². The Morgan fingerprint density at radius 1 is 0.682 bits per heavy atom. The van der Waals surface area contributed by atoms with Crippen LogP contribution in [0.1, 0.15) is 110 Å². The van der Waals surface area contributed by atoms with Gasteiger partial charge < -0.3 is 48.3 Å². The molecule has 10 heteroatoms. The summed E-state index contributed by atoms with van der Waals surface area (Å²) in [5.74, 6) is -0.347. The van der Waals surface area contributed by atoms with Crippen molar-refractivity contribution in [1.82, 2.24) is 0 Å². The molecule has 0 unspecified atom stereocenters. The van der Waals surface area contributed by atoms with Crippen LogP contribution in [0.25, 0.3) is 9.69 Å². The highest BCUT2D eigenvalue weighted by atomic mass is 16.8. The Bertz CT molecular complexity index is 1140. The maximum atomic E-state index is 9.95. The van der Waals surface area contributed by atoms with Gasteiger partial charge in [0.15, 0.2) is 5.79 Å². The van der Waals surface area contributed by atoms with Crippen molar-refractivity contribution in [2.45, 2.75) is 200 Å². The highest BCUT2D eigenvalue weighted by Crippen LogP contribution is 2.55. The lowest BCUT2D eigenvalue weighted by Crippen LogP contribution is -2.54. The van der Waals surface area contributed by atoms with Gasteiger partial charge in [0.1, 0.15) is 12.2 Å². The van der Waals surface area contributed by atoms with Crippen LogP contribution in [0.3, 0.4) is 0 Å². The van der Waals surface area contributed by atoms with Gasteiger partial charge in [-0.25, -0.2) is 13.1 Å². The van der Waals surface area contributed by atoms with Crippen LogP contribution in [-0.2, 0) is 28.4 Å². The van der Waals surface area contributed by atoms with E-state index in [-0.39, 0.29) is 72.3 Å². The van der Waals surface area contributed by atoms with Gasteiger partial charge >= 0.3 is 0 Å². The quantitative estimate of drug-likeness (QED) is 0.447. The molecular formula is C34H50N2O8. The largest absolute Gasteiger partial charge is 0.390 e. The Balaban J connectivity index is 0.000000148. The van der Waals surface area contributed by atoms with E-state index >= 15 is 0 Å². The topological polar surface area (TPSA) is 105 Å². The first kappa shape index (κ1) is 31.3. The first-order valence-corrected chi connectivity index (χ1v) is 17.3. The van der Waals surface area contributed by atoms with E-state index in [0.717, 1.165) is 64.2 Å². The van der Waals surface area contributed by atoms with Gasteiger partial charge in [0.2, 0.25) is 12.1 Å². The van der Waals surface area contributed by atoms with Crippen LogP contribution in [0.5, 0.6) is 0 Å². The van der Waals surface area contributed by atoms with E-state index in [2.05, 4.69) is 9.69 Å². The zero-order chi connectivity index (χ0) is 30.7. The molecule has 0 amide bonds. The van der Waals surface area contributed by atoms with Crippen molar-refractivity contribution in [2.75, 3.05) is 0 Å². The second-order valence-corrected chi connectivity index (χ2v) is 15.1. The van der Waals surface area contributed by atoms with Gasteiger partial charge in [0.25, 0.3) is 0 Å². The van der Waals surface area contributed by atoms with Crippen molar-refractivity contribution in [1.29, 1.82) is 0 Å². The lowest BCUT2D eigenvalue weighted by atomic mass is 9.76. The summed E-state index contributed by atoms with van der Waals surface area (Å²) in [6, 6.07) is -0.000785. The van der Waals surface area contributed by atoms with E-state index in [1.54, 1.807) is 0 Å². The molecule has 0 aromatic heterocycles. The number of rotatable bonds is 4. The monoisotopic (exact) mass is 614 g/mol. The van der Waals surface area contributed by atoms with E-state index in [9.17, 15) is 10.2 Å². The van der Waals surface area contributed by atoms with Crippen LogP contribution in [-0.4, -0.2) is 100 Å². The average Bonchev–Trinajstić information content (AvgIpc) is 3.64.